The molecule has 0 bridgehead atoms. The Morgan fingerprint density at radius 1 is 1.12 bits per heavy atom. The van der Waals surface area contributed by atoms with Crippen LogP contribution in [0.25, 0.3) is 16.7 Å². The van der Waals surface area contributed by atoms with Crippen LogP contribution in [0.1, 0.15) is 49.0 Å². The van der Waals surface area contributed by atoms with Crippen molar-refractivity contribution in [2.75, 3.05) is 26.0 Å². The van der Waals surface area contributed by atoms with E-state index in [1.807, 2.05) is 78.3 Å². The summed E-state index contributed by atoms with van der Waals surface area (Å²) >= 11 is 6.23. The fraction of sp³-hybridized carbons (Fsp3) is 0.387. The van der Waals surface area contributed by atoms with Gasteiger partial charge in [-0.05, 0) is 63.7 Å². The zero-order valence-electron chi connectivity index (χ0n) is 24.7. The van der Waals surface area contributed by atoms with Gasteiger partial charge in [0, 0.05) is 42.9 Å². The number of aryl methyl sites for hydroxylation is 1. The molecule has 4 rings (SSSR count). The predicted molar refractivity (Wildman–Crippen MR) is 163 cm³/mol. The van der Waals surface area contributed by atoms with Gasteiger partial charge in [-0.25, -0.2) is 4.68 Å². The Bertz CT molecular complexity index is 1630. The number of rotatable bonds is 10. The lowest BCUT2D eigenvalue weighted by molar-refractivity contribution is -0.118. The quantitative estimate of drug-likeness (QED) is 0.270. The van der Waals surface area contributed by atoms with Crippen LogP contribution in [-0.2, 0) is 18.3 Å². The predicted octanol–water partition coefficient (Wildman–Crippen LogP) is 5.16. The van der Waals surface area contributed by atoms with Crippen molar-refractivity contribution in [2.24, 2.45) is 12.5 Å². The normalized spacial score (nSPS) is 12.6. The highest BCUT2D eigenvalue weighted by atomic mass is 35.5. The van der Waals surface area contributed by atoms with Crippen LogP contribution in [0.2, 0.25) is 5.02 Å². The zero-order valence-corrected chi connectivity index (χ0v) is 25.4. The molecule has 2 heterocycles. The number of nitrogens with zero attached hydrogens (tertiary/aromatic N) is 3. The van der Waals surface area contributed by atoms with E-state index < -0.39 is 5.41 Å². The van der Waals surface area contributed by atoms with E-state index in [9.17, 15) is 14.4 Å². The minimum absolute atomic E-state index is 0.0838. The molecule has 2 aromatic carbocycles. The van der Waals surface area contributed by atoms with Crippen LogP contribution < -0.4 is 16.2 Å². The second-order valence-corrected chi connectivity index (χ2v) is 12.1. The molecule has 0 aliphatic carbocycles. The van der Waals surface area contributed by atoms with E-state index >= 15 is 0 Å². The number of hydrogen-bond acceptors (Lipinski definition) is 5. The van der Waals surface area contributed by atoms with Crippen LogP contribution in [0.5, 0.6) is 0 Å². The smallest absolute Gasteiger partial charge is 0.295 e. The number of amides is 2. The van der Waals surface area contributed by atoms with Gasteiger partial charge in [-0.15, -0.1) is 0 Å². The van der Waals surface area contributed by atoms with Crippen molar-refractivity contribution in [2.45, 2.75) is 46.6 Å². The van der Waals surface area contributed by atoms with E-state index in [4.69, 9.17) is 16.0 Å². The van der Waals surface area contributed by atoms with E-state index in [0.717, 1.165) is 11.1 Å². The van der Waals surface area contributed by atoms with Gasteiger partial charge in [0.2, 0.25) is 5.91 Å². The highest BCUT2D eigenvalue weighted by Gasteiger charge is 2.28. The van der Waals surface area contributed by atoms with Gasteiger partial charge in [0.25, 0.3) is 11.5 Å². The monoisotopic (exact) mass is 579 g/mol. The second kappa shape index (κ2) is 12.0. The third-order valence-electron chi connectivity index (χ3n) is 7.34. The molecule has 218 valence electrons. The number of nitrogens with one attached hydrogen (secondary N) is 2. The SMILES string of the molecule is Cc1cc2cc(Cl)cc(C(=O)NCC(C)(C)CC(=O)Nc3c(C[C@@H](C)N(C)C)n(C)n(-c4ccccc4)c3=O)c2o1. The topological polar surface area (TPSA) is 102 Å². The largest absolute Gasteiger partial charge is 0.461 e. The summed E-state index contributed by atoms with van der Waals surface area (Å²) in [6.07, 6.45) is 0.647. The molecule has 0 saturated carbocycles. The molecule has 10 heteroatoms. The van der Waals surface area contributed by atoms with Crippen molar-refractivity contribution in [3.05, 3.63) is 80.9 Å². The number of hydrogen-bond donors (Lipinski definition) is 2. The molecule has 0 fully saturated rings. The number of anilines is 1. The van der Waals surface area contributed by atoms with Gasteiger partial charge in [0.15, 0.2) is 0 Å². The molecule has 1 atom stereocenters. The highest BCUT2D eigenvalue weighted by molar-refractivity contribution is 6.32. The summed E-state index contributed by atoms with van der Waals surface area (Å²) in [7, 11) is 5.79. The molecule has 0 radical (unpaired) electrons. The number of halogens is 1. The molecule has 0 aliphatic heterocycles. The summed E-state index contributed by atoms with van der Waals surface area (Å²) in [5, 5.41) is 7.01. The minimum Gasteiger partial charge on any atom is -0.461 e. The van der Waals surface area contributed by atoms with Gasteiger partial charge >= 0.3 is 0 Å². The number of fused-ring (bicyclic) bond motifs is 1. The maximum atomic E-state index is 13.6. The van der Waals surface area contributed by atoms with Crippen LogP contribution >= 0.6 is 11.6 Å². The Hall–Kier alpha value is -3.82. The highest BCUT2D eigenvalue weighted by Crippen LogP contribution is 2.28. The molecule has 9 nitrogen and oxygen atoms in total. The zero-order chi connectivity index (χ0) is 30.1. The van der Waals surface area contributed by atoms with Crippen molar-refractivity contribution in [1.82, 2.24) is 19.6 Å². The lowest BCUT2D eigenvalue weighted by Crippen LogP contribution is -2.36. The molecule has 2 aromatic heterocycles. The number of likely N-dealkylation sites (N-methyl/N-ethyl adjacent to an activating group) is 1. The van der Waals surface area contributed by atoms with Crippen molar-refractivity contribution in [3.8, 4) is 5.69 Å². The molecule has 2 N–H and O–H groups in total. The van der Waals surface area contributed by atoms with Gasteiger partial charge in [0.05, 0.1) is 16.9 Å². The average Bonchev–Trinajstić information content (AvgIpc) is 3.38. The number of furan rings is 1. The Kier molecular flexibility index (Phi) is 8.80. The van der Waals surface area contributed by atoms with E-state index in [-0.39, 0.29) is 42.1 Å². The number of para-hydroxylation sites is 1. The molecular formula is C31H38ClN5O4. The molecule has 2 amide bonds. The number of carbonyl (C=O) groups excluding carboxylic acids is 2. The van der Waals surface area contributed by atoms with Gasteiger partial charge in [-0.1, -0.05) is 43.6 Å². The third-order valence-corrected chi connectivity index (χ3v) is 7.55. The maximum absolute atomic E-state index is 13.6. The molecule has 0 spiro atoms. The first kappa shape index (κ1) is 30.1. The minimum atomic E-state index is -0.610. The van der Waals surface area contributed by atoms with Gasteiger partial charge < -0.3 is 20.0 Å². The first-order valence-corrected chi connectivity index (χ1v) is 14.0. The standard InChI is InChI=1S/C31H38ClN5O4/c1-19(35(5)6)13-25-27(30(40)37(36(25)7)23-11-9-8-10-12-23)34-26(38)17-31(3,4)18-33-29(39)24-16-22(32)15-21-14-20(2)41-28(21)24/h8-12,14-16,19H,13,17-18H2,1-7H3,(H,33,39)(H,34,38)/t19-/m1/s1. The lowest BCUT2D eigenvalue weighted by atomic mass is 9.88. The Labute approximate surface area is 245 Å². The lowest BCUT2D eigenvalue weighted by Gasteiger charge is -2.24. The Morgan fingerprint density at radius 3 is 2.46 bits per heavy atom. The van der Waals surface area contributed by atoms with Crippen molar-refractivity contribution in [1.29, 1.82) is 0 Å². The van der Waals surface area contributed by atoms with Crippen LogP contribution in [0.3, 0.4) is 0 Å². The number of benzene rings is 2. The van der Waals surface area contributed by atoms with Crippen LogP contribution in [0.4, 0.5) is 5.69 Å². The van der Waals surface area contributed by atoms with E-state index in [2.05, 4.69) is 22.5 Å². The molecule has 0 saturated heterocycles. The van der Waals surface area contributed by atoms with Crippen LogP contribution in [-0.4, -0.2) is 52.8 Å². The molecular weight excluding hydrogens is 542 g/mol. The van der Waals surface area contributed by atoms with Crippen molar-refractivity contribution >= 4 is 40.1 Å². The molecule has 0 aliphatic rings. The fourth-order valence-electron chi connectivity index (χ4n) is 4.84. The Balaban J connectivity index is 1.52. The van der Waals surface area contributed by atoms with Crippen molar-refractivity contribution in [3.63, 3.8) is 0 Å². The second-order valence-electron chi connectivity index (χ2n) is 11.6. The van der Waals surface area contributed by atoms with Gasteiger partial charge in [0.1, 0.15) is 17.0 Å². The summed E-state index contributed by atoms with van der Waals surface area (Å²) < 4.78 is 9.10. The molecule has 0 unspecified atom stereocenters. The van der Waals surface area contributed by atoms with Gasteiger partial charge in [-0.3, -0.25) is 19.1 Å². The van der Waals surface area contributed by atoms with Gasteiger partial charge in [-0.2, -0.15) is 0 Å². The first-order chi connectivity index (χ1) is 19.3. The first-order valence-electron chi connectivity index (χ1n) is 13.6. The summed E-state index contributed by atoms with van der Waals surface area (Å²) in [5.41, 5.74) is 1.62. The number of aromatic nitrogens is 2. The summed E-state index contributed by atoms with van der Waals surface area (Å²) in [5.74, 6) is 0.0340. The fourth-order valence-corrected chi connectivity index (χ4v) is 5.07. The summed E-state index contributed by atoms with van der Waals surface area (Å²) in [6, 6.07) is 14.6. The maximum Gasteiger partial charge on any atom is 0.295 e. The molecule has 4 aromatic rings. The summed E-state index contributed by atoms with van der Waals surface area (Å²) in [4.78, 5) is 42.1. The van der Waals surface area contributed by atoms with E-state index in [1.165, 1.54) is 0 Å². The van der Waals surface area contributed by atoms with E-state index in [1.54, 1.807) is 21.5 Å². The van der Waals surface area contributed by atoms with Crippen molar-refractivity contribution < 1.29 is 14.0 Å². The number of carbonyl (C=O) groups is 2. The summed E-state index contributed by atoms with van der Waals surface area (Å²) in [6.45, 7) is 7.88. The van der Waals surface area contributed by atoms with Crippen LogP contribution in [0.15, 0.2) is 57.7 Å². The average molecular weight is 580 g/mol. The molecule has 41 heavy (non-hydrogen) atoms. The Morgan fingerprint density at radius 2 is 1.80 bits per heavy atom. The van der Waals surface area contributed by atoms with E-state index in [0.29, 0.717) is 34.0 Å². The van der Waals surface area contributed by atoms with Crippen LogP contribution in [0, 0.1) is 12.3 Å². The third kappa shape index (κ3) is 6.74.